The molecule has 2 aromatic rings. The first-order valence-electron chi connectivity index (χ1n) is 5.68. The predicted molar refractivity (Wildman–Crippen MR) is 68.7 cm³/mol. The van der Waals surface area contributed by atoms with Gasteiger partial charge in [0.2, 0.25) is 10.9 Å². The minimum atomic E-state index is -0.113. The molecule has 0 atom stereocenters. The highest BCUT2D eigenvalue weighted by Crippen LogP contribution is 2.11. The summed E-state index contributed by atoms with van der Waals surface area (Å²) in [6.07, 6.45) is 4.09. The number of aryl methyl sites for hydroxylation is 2. The van der Waals surface area contributed by atoms with Crippen LogP contribution in [0.3, 0.4) is 0 Å². The van der Waals surface area contributed by atoms with Crippen molar-refractivity contribution in [3.63, 3.8) is 0 Å². The molecule has 0 saturated carbocycles. The molecule has 0 radical (unpaired) electrons. The van der Waals surface area contributed by atoms with Crippen molar-refractivity contribution in [2.24, 2.45) is 0 Å². The lowest BCUT2D eigenvalue weighted by atomic mass is 10.3. The highest BCUT2D eigenvalue weighted by molar-refractivity contribution is 7.98. The van der Waals surface area contributed by atoms with Crippen molar-refractivity contribution in [2.75, 3.05) is 6.26 Å². The van der Waals surface area contributed by atoms with Gasteiger partial charge >= 0.3 is 0 Å². The van der Waals surface area contributed by atoms with Crippen LogP contribution < -0.4 is 5.56 Å². The third-order valence-electron chi connectivity index (χ3n) is 2.70. The molecule has 2 aromatic heterocycles. The molecular formula is C11H16N4OS. The Kier molecular flexibility index (Phi) is 3.51. The Morgan fingerprint density at radius 2 is 2.24 bits per heavy atom. The van der Waals surface area contributed by atoms with Gasteiger partial charge < -0.3 is 4.57 Å². The van der Waals surface area contributed by atoms with Crippen molar-refractivity contribution in [3.05, 3.63) is 22.1 Å². The quantitative estimate of drug-likeness (QED) is 0.777. The number of thioether (sulfide) groups is 1. The summed E-state index contributed by atoms with van der Waals surface area (Å²) in [4.78, 5) is 16.2. The second-order valence-corrected chi connectivity index (χ2v) is 4.71. The molecule has 0 spiro atoms. The van der Waals surface area contributed by atoms with Gasteiger partial charge in [0.05, 0.1) is 0 Å². The number of nitrogens with zero attached hydrogens (tertiary/aromatic N) is 4. The van der Waals surface area contributed by atoms with Gasteiger partial charge in [0.1, 0.15) is 0 Å². The van der Waals surface area contributed by atoms with E-state index in [1.54, 1.807) is 6.07 Å². The van der Waals surface area contributed by atoms with E-state index in [9.17, 15) is 4.79 Å². The lowest BCUT2D eigenvalue weighted by Gasteiger charge is -2.09. The average Bonchev–Trinajstić information content (AvgIpc) is 2.73. The van der Waals surface area contributed by atoms with E-state index in [1.807, 2.05) is 13.2 Å². The van der Waals surface area contributed by atoms with Crippen LogP contribution in [0.25, 0.3) is 5.78 Å². The number of aromatic nitrogens is 4. The van der Waals surface area contributed by atoms with Crippen molar-refractivity contribution < 1.29 is 0 Å². The van der Waals surface area contributed by atoms with Crippen LogP contribution in [0.2, 0.25) is 0 Å². The van der Waals surface area contributed by atoms with E-state index in [0.717, 1.165) is 25.1 Å². The van der Waals surface area contributed by atoms with E-state index in [2.05, 4.69) is 21.6 Å². The van der Waals surface area contributed by atoms with Crippen molar-refractivity contribution in [1.82, 2.24) is 19.2 Å². The zero-order valence-electron chi connectivity index (χ0n) is 10.3. The second-order valence-electron chi connectivity index (χ2n) is 3.94. The number of hydrogen-bond donors (Lipinski definition) is 0. The maximum absolute atomic E-state index is 11.8. The summed E-state index contributed by atoms with van der Waals surface area (Å²) in [5.41, 5.74) is 0.828. The van der Waals surface area contributed by atoms with Gasteiger partial charge in [-0.3, -0.25) is 4.79 Å². The minimum absolute atomic E-state index is 0.113. The van der Waals surface area contributed by atoms with Crippen LogP contribution in [-0.2, 0) is 6.54 Å². The molecule has 2 rings (SSSR count). The average molecular weight is 252 g/mol. The minimum Gasteiger partial charge on any atom is -0.314 e. The Hall–Kier alpha value is -1.30. The van der Waals surface area contributed by atoms with Crippen molar-refractivity contribution in [2.45, 2.75) is 38.4 Å². The van der Waals surface area contributed by atoms with E-state index < -0.39 is 0 Å². The fraction of sp³-hybridized carbons (Fsp3) is 0.545. The summed E-state index contributed by atoms with van der Waals surface area (Å²) in [5, 5.41) is 4.81. The van der Waals surface area contributed by atoms with Gasteiger partial charge in [-0.2, -0.15) is 9.50 Å². The molecule has 0 aliphatic rings. The highest BCUT2D eigenvalue weighted by atomic mass is 32.2. The fourth-order valence-corrected chi connectivity index (χ4v) is 2.10. The molecule has 5 nitrogen and oxygen atoms in total. The summed E-state index contributed by atoms with van der Waals surface area (Å²) >= 11 is 1.45. The number of unbranched alkanes of at least 4 members (excludes halogenated alkanes) is 1. The molecule has 0 aliphatic heterocycles. The van der Waals surface area contributed by atoms with E-state index in [1.165, 1.54) is 16.3 Å². The fourth-order valence-electron chi connectivity index (χ4n) is 1.76. The first kappa shape index (κ1) is 12.2. The van der Waals surface area contributed by atoms with Crippen LogP contribution >= 0.6 is 11.8 Å². The summed E-state index contributed by atoms with van der Waals surface area (Å²) in [6, 6.07) is 1.61. The lowest BCUT2D eigenvalue weighted by molar-refractivity contribution is 0.611. The molecule has 0 fully saturated rings. The van der Waals surface area contributed by atoms with Crippen LogP contribution in [0.5, 0.6) is 0 Å². The molecule has 0 aromatic carbocycles. The van der Waals surface area contributed by atoms with E-state index in [0.29, 0.717) is 10.9 Å². The molecule has 0 unspecified atom stereocenters. The Bertz CT molecular complexity index is 587. The third-order valence-corrected chi connectivity index (χ3v) is 3.23. The molecule has 2 heterocycles. The Morgan fingerprint density at radius 1 is 1.47 bits per heavy atom. The summed E-state index contributed by atoms with van der Waals surface area (Å²) in [7, 11) is 0. The number of rotatable bonds is 4. The molecule has 0 aliphatic carbocycles. The summed E-state index contributed by atoms with van der Waals surface area (Å²) in [5.74, 6) is 0.646. The van der Waals surface area contributed by atoms with Crippen molar-refractivity contribution in [1.29, 1.82) is 0 Å². The van der Waals surface area contributed by atoms with E-state index in [4.69, 9.17) is 0 Å². The van der Waals surface area contributed by atoms with Gasteiger partial charge in [-0.05, 0) is 19.6 Å². The van der Waals surface area contributed by atoms with Crippen LogP contribution in [0.1, 0.15) is 25.5 Å². The molecule has 0 saturated heterocycles. The van der Waals surface area contributed by atoms with E-state index >= 15 is 0 Å². The van der Waals surface area contributed by atoms with Gasteiger partial charge in [0.15, 0.2) is 0 Å². The molecule has 92 valence electrons. The molecule has 17 heavy (non-hydrogen) atoms. The topological polar surface area (TPSA) is 52.2 Å². The van der Waals surface area contributed by atoms with Crippen molar-refractivity contribution in [3.8, 4) is 0 Å². The van der Waals surface area contributed by atoms with Gasteiger partial charge in [-0.1, -0.05) is 25.1 Å². The lowest BCUT2D eigenvalue weighted by Crippen LogP contribution is -2.20. The Balaban J connectivity index is 2.63. The molecule has 0 N–H and O–H groups in total. The maximum Gasteiger partial charge on any atom is 0.275 e. The van der Waals surface area contributed by atoms with Crippen LogP contribution in [0, 0.1) is 6.92 Å². The Labute approximate surface area is 104 Å². The second kappa shape index (κ2) is 4.91. The summed E-state index contributed by atoms with van der Waals surface area (Å²) < 4.78 is 3.44. The van der Waals surface area contributed by atoms with Gasteiger partial charge in [0, 0.05) is 18.3 Å². The zero-order chi connectivity index (χ0) is 12.4. The SMILES string of the molecule is CCCCn1c(C)cc(=O)n2nc(SC)nc12. The first-order chi connectivity index (χ1) is 8.17. The maximum atomic E-state index is 11.8. The van der Waals surface area contributed by atoms with Crippen LogP contribution in [-0.4, -0.2) is 25.4 Å². The van der Waals surface area contributed by atoms with Gasteiger partial charge in [-0.25, -0.2) is 0 Å². The third kappa shape index (κ3) is 2.22. The smallest absolute Gasteiger partial charge is 0.275 e. The monoisotopic (exact) mass is 252 g/mol. The normalized spacial score (nSPS) is 11.2. The van der Waals surface area contributed by atoms with Crippen LogP contribution in [0.4, 0.5) is 0 Å². The predicted octanol–water partition coefficient (Wildman–Crippen LogP) is 1.72. The highest BCUT2D eigenvalue weighted by Gasteiger charge is 2.10. The first-order valence-corrected chi connectivity index (χ1v) is 6.91. The molecular weight excluding hydrogens is 236 g/mol. The number of fused-ring (bicyclic) bond motifs is 1. The van der Waals surface area contributed by atoms with Gasteiger partial charge in [0.25, 0.3) is 5.56 Å². The van der Waals surface area contributed by atoms with Gasteiger partial charge in [-0.15, -0.1) is 5.10 Å². The van der Waals surface area contributed by atoms with Crippen molar-refractivity contribution >= 4 is 17.5 Å². The standard InChI is InChI=1S/C11H16N4OS/c1-4-5-6-14-8(2)7-9(16)15-11(14)12-10(13-15)17-3/h7H,4-6H2,1-3H3. The number of hydrogen-bond acceptors (Lipinski definition) is 4. The van der Waals surface area contributed by atoms with E-state index in [-0.39, 0.29) is 5.56 Å². The zero-order valence-corrected chi connectivity index (χ0v) is 11.1. The molecule has 6 heteroatoms. The van der Waals surface area contributed by atoms with Crippen LogP contribution in [0.15, 0.2) is 16.0 Å². The molecule has 0 bridgehead atoms. The largest absolute Gasteiger partial charge is 0.314 e. The summed E-state index contributed by atoms with van der Waals surface area (Å²) in [6.45, 7) is 4.95. The molecule has 0 amide bonds. The Morgan fingerprint density at radius 3 is 2.88 bits per heavy atom.